The van der Waals surface area contributed by atoms with Crippen LogP contribution in [-0.2, 0) is 7.05 Å². The molecule has 1 amide bonds. The smallest absolute Gasteiger partial charge is 0.274 e. The Balaban J connectivity index is 1.59. The molecule has 1 saturated heterocycles. The van der Waals surface area contributed by atoms with Crippen molar-refractivity contribution in [2.45, 2.75) is 40.0 Å². The number of benzene rings is 2. The van der Waals surface area contributed by atoms with E-state index in [2.05, 4.69) is 18.9 Å². The van der Waals surface area contributed by atoms with Crippen LogP contribution in [0.25, 0.3) is 28.0 Å². The van der Waals surface area contributed by atoms with Gasteiger partial charge in [-0.25, -0.2) is 9.37 Å². The average molecular weight is 499 g/mol. The second-order valence-corrected chi connectivity index (χ2v) is 10.1. The third-order valence-corrected chi connectivity index (χ3v) is 7.86. The van der Waals surface area contributed by atoms with E-state index < -0.39 is 5.82 Å². The van der Waals surface area contributed by atoms with Crippen LogP contribution in [0.2, 0.25) is 0 Å². The molecule has 1 aliphatic rings. The van der Waals surface area contributed by atoms with Crippen LogP contribution in [0.3, 0.4) is 0 Å². The van der Waals surface area contributed by atoms with Gasteiger partial charge in [0.25, 0.3) is 5.91 Å². The van der Waals surface area contributed by atoms with E-state index in [1.54, 1.807) is 12.3 Å². The van der Waals surface area contributed by atoms with Crippen LogP contribution in [0, 0.1) is 35.9 Å². The number of fused-ring (bicyclic) bond motifs is 1. The number of aromatic nitrogens is 4. The van der Waals surface area contributed by atoms with Crippen LogP contribution >= 0.6 is 0 Å². The van der Waals surface area contributed by atoms with Gasteiger partial charge in [-0.2, -0.15) is 10.4 Å². The van der Waals surface area contributed by atoms with Gasteiger partial charge >= 0.3 is 0 Å². The van der Waals surface area contributed by atoms with Gasteiger partial charge in [-0.3, -0.25) is 14.0 Å². The lowest BCUT2D eigenvalue weighted by atomic mass is 9.85. The summed E-state index contributed by atoms with van der Waals surface area (Å²) in [5, 5.41) is 14.7. The van der Waals surface area contributed by atoms with Gasteiger partial charge in [0, 0.05) is 48.7 Å². The number of aryl methyl sites for hydroxylation is 2. The van der Waals surface area contributed by atoms with Gasteiger partial charge in [-0.05, 0) is 68.0 Å². The van der Waals surface area contributed by atoms with E-state index in [1.165, 1.54) is 12.1 Å². The molecule has 190 valence electrons. The topological polar surface area (TPSA) is 79.7 Å². The summed E-state index contributed by atoms with van der Waals surface area (Å²) in [4.78, 5) is 20.3. The van der Waals surface area contributed by atoms with E-state index in [0.717, 1.165) is 48.1 Å². The van der Waals surface area contributed by atoms with Crippen LogP contribution in [0.5, 0.6) is 0 Å². The first kappa shape index (κ1) is 24.7. The van der Waals surface area contributed by atoms with E-state index in [4.69, 9.17) is 4.98 Å². The molecule has 4 aromatic rings. The maximum absolute atomic E-state index is 14.6. The minimum absolute atomic E-state index is 0.0324. The van der Waals surface area contributed by atoms with E-state index >= 15 is 0 Å². The number of piperidine rings is 1. The molecule has 37 heavy (non-hydrogen) atoms. The Morgan fingerprint density at radius 2 is 2.08 bits per heavy atom. The maximum Gasteiger partial charge on any atom is 0.274 e. The van der Waals surface area contributed by atoms with Gasteiger partial charge < -0.3 is 4.90 Å². The Hall–Kier alpha value is -3.99. The second-order valence-electron chi connectivity index (χ2n) is 10.1. The predicted octanol–water partition coefficient (Wildman–Crippen LogP) is 5.64. The Labute approximate surface area is 216 Å². The number of rotatable bonds is 5. The molecule has 8 heteroatoms. The number of carbonyl (C=O) groups excluding carboxylic acids is 1. The fourth-order valence-corrected chi connectivity index (χ4v) is 5.24. The fourth-order valence-electron chi connectivity index (χ4n) is 5.24. The molecule has 3 heterocycles. The number of carbonyl (C=O) groups is 1. The molecule has 1 aliphatic heterocycles. The van der Waals surface area contributed by atoms with Crippen LogP contribution in [0.4, 0.5) is 4.39 Å². The molecule has 0 spiro atoms. The lowest BCUT2D eigenvalue weighted by Crippen LogP contribution is -2.41. The van der Waals surface area contributed by atoms with Crippen LogP contribution in [0.1, 0.15) is 54.9 Å². The molecule has 2 atom stereocenters. The summed E-state index contributed by atoms with van der Waals surface area (Å²) < 4.78 is 18.3. The number of hydrogen-bond donors (Lipinski definition) is 0. The van der Waals surface area contributed by atoms with Crippen molar-refractivity contribution in [2.75, 3.05) is 13.1 Å². The molecule has 2 aromatic heterocycles. The predicted molar refractivity (Wildman–Crippen MR) is 141 cm³/mol. The van der Waals surface area contributed by atoms with Crippen LogP contribution < -0.4 is 0 Å². The maximum atomic E-state index is 14.6. The number of amides is 1. The van der Waals surface area contributed by atoms with Crippen molar-refractivity contribution in [3.05, 3.63) is 65.4 Å². The van der Waals surface area contributed by atoms with E-state index in [1.807, 2.05) is 52.4 Å². The molecule has 2 aromatic carbocycles. The first-order valence-electron chi connectivity index (χ1n) is 12.8. The summed E-state index contributed by atoms with van der Waals surface area (Å²) in [6, 6.07) is 12.2. The second kappa shape index (κ2) is 9.81. The lowest BCUT2D eigenvalue weighted by Gasteiger charge is -2.35. The first-order valence-corrected chi connectivity index (χ1v) is 12.8. The minimum atomic E-state index is -0.617. The molecule has 0 N–H and O–H groups in total. The van der Waals surface area contributed by atoms with Gasteiger partial charge in [0.05, 0.1) is 11.1 Å². The molecule has 7 nitrogen and oxygen atoms in total. The quantitative estimate of drug-likeness (QED) is 0.356. The SMILES string of the molecule is CCC(C)[C@H]1CCCN(C(=O)c2cn(-c3ccc4nn(C)c(C)c4c3)c(-c3ccc(C#N)c(F)c3)n2)C1. The molecule has 5 rings (SSSR count). The highest BCUT2D eigenvalue weighted by molar-refractivity contribution is 5.93. The van der Waals surface area contributed by atoms with Crippen molar-refractivity contribution in [1.29, 1.82) is 5.26 Å². The normalized spacial score (nSPS) is 16.6. The van der Waals surface area contributed by atoms with Crippen LogP contribution in [0.15, 0.2) is 42.6 Å². The third-order valence-electron chi connectivity index (χ3n) is 7.86. The molecule has 1 unspecified atom stereocenters. The van der Waals surface area contributed by atoms with Crippen molar-refractivity contribution in [2.24, 2.45) is 18.9 Å². The Morgan fingerprint density at radius 1 is 1.27 bits per heavy atom. The molecule has 0 radical (unpaired) electrons. The third kappa shape index (κ3) is 4.50. The van der Waals surface area contributed by atoms with Gasteiger partial charge in [-0.1, -0.05) is 20.3 Å². The molecule has 0 aliphatic carbocycles. The lowest BCUT2D eigenvalue weighted by molar-refractivity contribution is 0.0627. The van der Waals surface area contributed by atoms with Gasteiger partial charge in [0.2, 0.25) is 0 Å². The number of imidazole rings is 1. The molecule has 0 saturated carbocycles. The molecule has 1 fully saturated rings. The fraction of sp³-hybridized carbons (Fsp3) is 0.379. The zero-order chi connectivity index (χ0) is 26.3. The van der Waals surface area contributed by atoms with Crippen molar-refractivity contribution in [3.63, 3.8) is 0 Å². The summed E-state index contributed by atoms with van der Waals surface area (Å²) in [5.74, 6) is 0.755. The van der Waals surface area contributed by atoms with Crippen molar-refractivity contribution in [3.8, 4) is 23.1 Å². The monoisotopic (exact) mass is 498 g/mol. The molecule has 0 bridgehead atoms. The van der Waals surface area contributed by atoms with Crippen molar-refractivity contribution < 1.29 is 9.18 Å². The Kier molecular flexibility index (Phi) is 6.55. The summed E-state index contributed by atoms with van der Waals surface area (Å²) in [6.45, 7) is 7.88. The van der Waals surface area contributed by atoms with E-state index in [0.29, 0.717) is 35.5 Å². The zero-order valence-electron chi connectivity index (χ0n) is 21.7. The van der Waals surface area contributed by atoms with E-state index in [-0.39, 0.29) is 11.5 Å². The van der Waals surface area contributed by atoms with Crippen LogP contribution in [-0.4, -0.2) is 43.2 Å². The summed E-state index contributed by atoms with van der Waals surface area (Å²) in [6.07, 6.45) is 4.94. The highest BCUT2D eigenvalue weighted by atomic mass is 19.1. The number of hydrogen-bond acceptors (Lipinski definition) is 4. The molecular formula is C29H31FN6O. The zero-order valence-corrected chi connectivity index (χ0v) is 21.7. The summed E-state index contributed by atoms with van der Waals surface area (Å²) >= 11 is 0. The van der Waals surface area contributed by atoms with Crippen molar-refractivity contribution >= 4 is 16.8 Å². The highest BCUT2D eigenvalue weighted by Gasteiger charge is 2.29. The average Bonchev–Trinajstić information content (AvgIpc) is 3.48. The van der Waals surface area contributed by atoms with Gasteiger partial charge in [-0.15, -0.1) is 0 Å². The Bertz CT molecular complexity index is 1530. The highest BCUT2D eigenvalue weighted by Crippen LogP contribution is 2.30. The number of nitriles is 1. The largest absolute Gasteiger partial charge is 0.337 e. The number of halogens is 1. The standard InChI is InChI=1S/C29H31FN6O/c1-5-18(2)22-7-6-12-35(16-22)29(37)27-17-36(23-10-11-26-24(14-23)19(3)34(4)33-26)28(32-27)20-8-9-21(15-31)25(30)13-20/h8-11,13-14,17-18,22H,5-7,12,16H2,1-4H3/t18?,22-/m0/s1. The first-order chi connectivity index (χ1) is 17.8. The molecular weight excluding hydrogens is 467 g/mol. The van der Waals surface area contributed by atoms with Crippen molar-refractivity contribution in [1.82, 2.24) is 24.2 Å². The number of likely N-dealkylation sites (tertiary alicyclic amines) is 1. The summed E-state index contributed by atoms with van der Waals surface area (Å²) in [7, 11) is 1.90. The van der Waals surface area contributed by atoms with Gasteiger partial charge in [0.15, 0.2) is 0 Å². The van der Waals surface area contributed by atoms with E-state index in [9.17, 15) is 14.4 Å². The summed E-state index contributed by atoms with van der Waals surface area (Å²) in [5.41, 5.74) is 3.47. The number of nitrogens with zero attached hydrogens (tertiary/aromatic N) is 6. The Morgan fingerprint density at radius 3 is 2.81 bits per heavy atom. The van der Waals surface area contributed by atoms with Gasteiger partial charge in [0.1, 0.15) is 23.4 Å². The minimum Gasteiger partial charge on any atom is -0.337 e.